The molecule has 0 N–H and O–H groups in total. The van der Waals surface area contributed by atoms with Crippen molar-refractivity contribution in [3.05, 3.63) is 11.6 Å². The highest BCUT2D eigenvalue weighted by atomic mass is 14.6. The van der Waals surface area contributed by atoms with E-state index in [1.54, 1.807) is 12.8 Å². The van der Waals surface area contributed by atoms with Gasteiger partial charge in [-0.3, -0.25) is 0 Å². The second-order valence-electron chi connectivity index (χ2n) is 7.57. The quantitative estimate of drug-likeness (QED) is 0.442. The van der Waals surface area contributed by atoms with E-state index in [0.29, 0.717) is 0 Å². The van der Waals surface area contributed by atoms with Crippen LogP contribution in [0.3, 0.4) is 0 Å². The molecule has 2 bridgehead atoms. The lowest BCUT2D eigenvalue weighted by molar-refractivity contribution is 0.378. The van der Waals surface area contributed by atoms with E-state index in [9.17, 15) is 0 Å². The molecule has 0 unspecified atom stereocenters. The lowest BCUT2D eigenvalue weighted by Crippen LogP contribution is -2.09. The van der Waals surface area contributed by atoms with Crippen LogP contribution in [0.15, 0.2) is 11.6 Å². The predicted octanol–water partition coefficient (Wildman–Crippen LogP) is 6.41. The van der Waals surface area contributed by atoms with Crippen molar-refractivity contribution in [3.63, 3.8) is 0 Å². The maximum Gasteiger partial charge on any atom is -0.0228 e. The number of hydrogen-bond donors (Lipinski definition) is 0. The summed E-state index contributed by atoms with van der Waals surface area (Å²) in [6.07, 6.45) is 25.0. The zero-order chi connectivity index (χ0) is 13.0. The molecular weight excluding hydrogens is 228 g/mol. The molecule has 4 aliphatic carbocycles. The molecule has 2 saturated carbocycles. The molecule has 0 aromatic carbocycles. The summed E-state index contributed by atoms with van der Waals surface area (Å²) in [4.78, 5) is 0. The van der Waals surface area contributed by atoms with Crippen LogP contribution in [0.2, 0.25) is 0 Å². The van der Waals surface area contributed by atoms with Gasteiger partial charge in [0.05, 0.1) is 0 Å². The summed E-state index contributed by atoms with van der Waals surface area (Å²) in [5.74, 6) is 1.10. The third kappa shape index (κ3) is 3.64. The van der Waals surface area contributed by atoms with Gasteiger partial charge in [-0.2, -0.15) is 0 Å². The summed E-state index contributed by atoms with van der Waals surface area (Å²) in [7, 11) is 0. The van der Waals surface area contributed by atoms with Crippen molar-refractivity contribution in [3.8, 4) is 0 Å². The highest BCUT2D eigenvalue weighted by Gasteiger charge is 2.53. The van der Waals surface area contributed by atoms with E-state index in [1.807, 2.05) is 5.57 Å². The molecule has 108 valence electrons. The Morgan fingerprint density at radius 1 is 0.789 bits per heavy atom. The van der Waals surface area contributed by atoms with Crippen molar-refractivity contribution in [1.82, 2.24) is 0 Å². The molecule has 1 spiro atoms. The van der Waals surface area contributed by atoms with E-state index in [1.165, 1.54) is 83.5 Å². The molecule has 0 amide bonds. The summed E-state index contributed by atoms with van der Waals surface area (Å²) < 4.78 is 0. The van der Waals surface area contributed by atoms with Crippen LogP contribution >= 0.6 is 0 Å². The lowest BCUT2D eigenvalue weighted by Gasteiger charge is -2.22. The first-order chi connectivity index (χ1) is 9.39. The minimum Gasteiger partial charge on any atom is -0.0848 e. The summed E-state index contributed by atoms with van der Waals surface area (Å²) in [6, 6.07) is 0. The normalized spacial score (nSPS) is 37.5. The first-order valence-corrected chi connectivity index (χ1v) is 9.07. The van der Waals surface area contributed by atoms with Gasteiger partial charge in [0.25, 0.3) is 0 Å². The van der Waals surface area contributed by atoms with E-state index in [4.69, 9.17) is 0 Å². The fraction of sp³-hybridized carbons (Fsp3) is 0.895. The van der Waals surface area contributed by atoms with Crippen molar-refractivity contribution in [1.29, 1.82) is 0 Å². The molecule has 2 fully saturated rings. The molecule has 0 aromatic rings. The maximum atomic E-state index is 2.65. The van der Waals surface area contributed by atoms with E-state index < -0.39 is 0 Å². The standard InChI is InChI=1S/C19H32/c1-2-4-6-8-10-13-19-14-12-17(15-18(19)16-19)11-9-7-5-3-1/h12,18H,1-11,13-16H2/t18-,19+/m1/s1. The molecule has 0 radical (unpaired) electrons. The molecule has 0 heteroatoms. The summed E-state index contributed by atoms with van der Waals surface area (Å²) in [6.45, 7) is 0. The fourth-order valence-electron chi connectivity index (χ4n) is 4.57. The van der Waals surface area contributed by atoms with E-state index in [-0.39, 0.29) is 0 Å². The molecule has 0 saturated heterocycles. The third-order valence-electron chi connectivity index (χ3n) is 6.09. The number of hydrogen-bond acceptors (Lipinski definition) is 0. The van der Waals surface area contributed by atoms with Crippen LogP contribution in [0.4, 0.5) is 0 Å². The molecule has 0 aliphatic heterocycles. The largest absolute Gasteiger partial charge is 0.0848 e. The van der Waals surface area contributed by atoms with Gasteiger partial charge in [0.15, 0.2) is 0 Å². The highest BCUT2D eigenvalue weighted by molar-refractivity contribution is 5.19. The first kappa shape index (κ1) is 13.7. The maximum absolute atomic E-state index is 2.65. The van der Waals surface area contributed by atoms with Gasteiger partial charge in [0.2, 0.25) is 0 Å². The van der Waals surface area contributed by atoms with E-state index in [2.05, 4.69) is 6.08 Å². The Balaban J connectivity index is 1.51. The van der Waals surface area contributed by atoms with E-state index >= 15 is 0 Å². The fourth-order valence-corrected chi connectivity index (χ4v) is 4.57. The molecule has 0 heterocycles. The smallest absolute Gasteiger partial charge is 0.0228 e. The van der Waals surface area contributed by atoms with Crippen molar-refractivity contribution in [2.45, 2.75) is 96.3 Å². The zero-order valence-corrected chi connectivity index (χ0v) is 12.8. The van der Waals surface area contributed by atoms with Crippen molar-refractivity contribution in [2.75, 3.05) is 0 Å². The highest BCUT2D eigenvalue weighted by Crippen LogP contribution is 2.63. The van der Waals surface area contributed by atoms with Crippen molar-refractivity contribution >= 4 is 0 Å². The summed E-state index contributed by atoms with van der Waals surface area (Å²) >= 11 is 0. The van der Waals surface area contributed by atoms with Gasteiger partial charge in [-0.25, -0.2) is 0 Å². The van der Waals surface area contributed by atoms with Gasteiger partial charge < -0.3 is 0 Å². The Bertz CT molecular complexity index is 314. The van der Waals surface area contributed by atoms with Crippen LogP contribution in [0.1, 0.15) is 96.3 Å². The van der Waals surface area contributed by atoms with Gasteiger partial charge in [0.1, 0.15) is 0 Å². The second-order valence-corrected chi connectivity index (χ2v) is 7.57. The van der Waals surface area contributed by atoms with Gasteiger partial charge >= 0.3 is 0 Å². The summed E-state index contributed by atoms with van der Waals surface area (Å²) in [5, 5.41) is 0. The van der Waals surface area contributed by atoms with Gasteiger partial charge in [-0.15, -0.1) is 0 Å². The minimum atomic E-state index is 0.806. The van der Waals surface area contributed by atoms with Crippen molar-refractivity contribution in [2.24, 2.45) is 11.3 Å². The van der Waals surface area contributed by atoms with Gasteiger partial charge in [-0.1, -0.05) is 69.4 Å². The van der Waals surface area contributed by atoms with Gasteiger partial charge in [-0.05, 0) is 49.9 Å². The Kier molecular flexibility index (Phi) is 4.66. The lowest BCUT2D eigenvalue weighted by atomic mass is 9.83. The van der Waals surface area contributed by atoms with Crippen molar-refractivity contribution < 1.29 is 0 Å². The second kappa shape index (κ2) is 6.46. The average Bonchev–Trinajstić information content (AvgIpc) is 3.12. The monoisotopic (exact) mass is 260 g/mol. The Hall–Kier alpha value is -0.260. The number of fused-ring (bicyclic) bond motifs is 12. The van der Waals surface area contributed by atoms with Crippen LogP contribution < -0.4 is 0 Å². The van der Waals surface area contributed by atoms with Crippen LogP contribution in [-0.4, -0.2) is 0 Å². The third-order valence-corrected chi connectivity index (χ3v) is 6.09. The summed E-state index contributed by atoms with van der Waals surface area (Å²) in [5.41, 5.74) is 2.63. The average molecular weight is 260 g/mol. The number of rotatable bonds is 0. The van der Waals surface area contributed by atoms with E-state index in [0.717, 1.165) is 11.3 Å². The first-order valence-electron chi connectivity index (χ1n) is 9.07. The molecule has 0 aromatic heterocycles. The molecular formula is C19H32. The predicted molar refractivity (Wildman–Crippen MR) is 83.3 cm³/mol. The minimum absolute atomic E-state index is 0.806. The van der Waals surface area contributed by atoms with Crippen LogP contribution in [0.25, 0.3) is 0 Å². The Morgan fingerprint density at radius 2 is 1.42 bits per heavy atom. The van der Waals surface area contributed by atoms with Gasteiger partial charge in [0, 0.05) is 0 Å². The van der Waals surface area contributed by atoms with Crippen LogP contribution in [0, 0.1) is 11.3 Å². The molecule has 2 atom stereocenters. The Labute approximate surface area is 120 Å². The molecule has 4 aliphatic rings. The molecule has 4 rings (SSSR count). The SMILES string of the molecule is C1=C2CCCCCCCCCCCC[C@]3(C1)C[C@H]3C2. The Morgan fingerprint density at radius 3 is 2.11 bits per heavy atom. The zero-order valence-electron chi connectivity index (χ0n) is 12.8. The topological polar surface area (TPSA) is 0 Å². The number of allylic oxidation sites excluding steroid dienone is 2. The molecule has 0 nitrogen and oxygen atoms in total. The van der Waals surface area contributed by atoms with Crippen LogP contribution in [0.5, 0.6) is 0 Å². The van der Waals surface area contributed by atoms with Crippen LogP contribution in [-0.2, 0) is 0 Å². The molecule has 19 heavy (non-hydrogen) atoms.